The summed E-state index contributed by atoms with van der Waals surface area (Å²) in [5, 5.41) is 11.9. The van der Waals surface area contributed by atoms with Crippen LogP contribution >= 0.6 is 0 Å². The number of hydrogen-bond donors (Lipinski definition) is 2. The van der Waals surface area contributed by atoms with Crippen molar-refractivity contribution in [1.82, 2.24) is 10.2 Å². The Morgan fingerprint density at radius 2 is 1.80 bits per heavy atom. The van der Waals surface area contributed by atoms with Crippen molar-refractivity contribution < 1.29 is 14.7 Å². The first-order chi connectivity index (χ1) is 9.50. The molecule has 1 saturated heterocycles. The van der Waals surface area contributed by atoms with Crippen LogP contribution in [0.15, 0.2) is 0 Å². The van der Waals surface area contributed by atoms with Crippen molar-refractivity contribution in [3.05, 3.63) is 0 Å². The summed E-state index contributed by atoms with van der Waals surface area (Å²) < 4.78 is 0. The van der Waals surface area contributed by atoms with Crippen LogP contribution in [-0.4, -0.2) is 40.6 Å². The molecule has 1 saturated carbocycles. The van der Waals surface area contributed by atoms with E-state index in [9.17, 15) is 14.7 Å². The monoisotopic (exact) mass is 282 g/mol. The predicted octanol–water partition coefficient (Wildman–Crippen LogP) is 2.46. The molecule has 2 aliphatic rings. The highest BCUT2D eigenvalue weighted by Gasteiger charge is 2.37. The average molecular weight is 282 g/mol. The number of urea groups is 1. The molecule has 2 fully saturated rings. The van der Waals surface area contributed by atoms with Gasteiger partial charge in [-0.3, -0.25) is 0 Å². The fourth-order valence-corrected chi connectivity index (χ4v) is 3.61. The molecule has 2 amide bonds. The Morgan fingerprint density at radius 1 is 1.15 bits per heavy atom. The van der Waals surface area contributed by atoms with Gasteiger partial charge in [0.25, 0.3) is 0 Å². The number of aliphatic carboxylic acids is 1. The van der Waals surface area contributed by atoms with E-state index in [0.29, 0.717) is 12.0 Å². The Balaban J connectivity index is 2.01. The van der Waals surface area contributed by atoms with E-state index in [0.717, 1.165) is 19.4 Å². The third-order valence-corrected chi connectivity index (χ3v) is 4.72. The Kier molecular flexibility index (Phi) is 4.89. The fourth-order valence-electron chi connectivity index (χ4n) is 3.61. The third kappa shape index (κ3) is 3.25. The number of carboxylic acids is 1. The maximum absolute atomic E-state index is 12.4. The summed E-state index contributed by atoms with van der Waals surface area (Å²) in [6.45, 7) is 4.40. The molecule has 1 unspecified atom stereocenters. The molecule has 2 rings (SSSR count). The van der Waals surface area contributed by atoms with Crippen LogP contribution in [-0.2, 0) is 4.79 Å². The molecule has 1 heterocycles. The van der Waals surface area contributed by atoms with E-state index in [2.05, 4.69) is 5.32 Å². The first kappa shape index (κ1) is 15.1. The van der Waals surface area contributed by atoms with Crippen LogP contribution in [0.4, 0.5) is 4.79 Å². The molecule has 0 radical (unpaired) electrons. The summed E-state index contributed by atoms with van der Waals surface area (Å²) in [6.07, 6.45) is 6.96. The molecule has 0 aromatic carbocycles. The van der Waals surface area contributed by atoms with E-state index in [1.54, 1.807) is 0 Å². The zero-order chi connectivity index (χ0) is 14.7. The average Bonchev–Trinajstić information content (AvgIpc) is 2.43. The summed E-state index contributed by atoms with van der Waals surface area (Å²) in [5.41, 5.74) is 0. The predicted molar refractivity (Wildman–Crippen MR) is 76.5 cm³/mol. The number of amides is 2. The van der Waals surface area contributed by atoms with Gasteiger partial charge >= 0.3 is 12.0 Å². The largest absolute Gasteiger partial charge is 0.480 e. The molecular weight excluding hydrogens is 256 g/mol. The second-order valence-electron chi connectivity index (χ2n) is 6.46. The third-order valence-electron chi connectivity index (χ3n) is 4.72. The lowest BCUT2D eigenvalue weighted by Gasteiger charge is -2.44. The van der Waals surface area contributed by atoms with Crippen LogP contribution < -0.4 is 5.32 Å². The van der Waals surface area contributed by atoms with E-state index in [1.807, 2.05) is 18.7 Å². The molecule has 5 heteroatoms. The lowest BCUT2D eigenvalue weighted by Crippen LogP contribution is -2.56. The minimum atomic E-state index is -0.953. The summed E-state index contributed by atoms with van der Waals surface area (Å²) in [6, 6.07) is -0.673. The van der Waals surface area contributed by atoms with Gasteiger partial charge in [-0.25, -0.2) is 9.59 Å². The number of rotatable bonds is 3. The fraction of sp³-hybridized carbons (Fsp3) is 0.867. The lowest BCUT2D eigenvalue weighted by atomic mass is 9.78. The number of piperidine rings is 1. The number of hydrogen-bond acceptors (Lipinski definition) is 2. The van der Waals surface area contributed by atoms with Gasteiger partial charge in [0.05, 0.1) is 0 Å². The number of carbonyl (C=O) groups excluding carboxylic acids is 1. The molecule has 20 heavy (non-hydrogen) atoms. The van der Waals surface area contributed by atoms with Crippen molar-refractivity contribution in [2.24, 2.45) is 11.8 Å². The topological polar surface area (TPSA) is 69.6 Å². The Morgan fingerprint density at radius 3 is 2.45 bits per heavy atom. The molecule has 5 nitrogen and oxygen atoms in total. The summed E-state index contributed by atoms with van der Waals surface area (Å²) in [5.74, 6) is -0.445. The van der Waals surface area contributed by atoms with Crippen molar-refractivity contribution in [2.45, 2.75) is 64.5 Å². The number of fused-ring (bicyclic) bond motifs is 1. The van der Waals surface area contributed by atoms with Gasteiger partial charge in [-0.2, -0.15) is 0 Å². The number of carboxylic acid groups (broad SMARTS) is 1. The summed E-state index contributed by atoms with van der Waals surface area (Å²) >= 11 is 0. The Bertz CT molecular complexity index is 368. The Hall–Kier alpha value is -1.26. The molecule has 1 aliphatic carbocycles. The lowest BCUT2D eigenvalue weighted by molar-refractivity contribution is -0.140. The van der Waals surface area contributed by atoms with E-state index >= 15 is 0 Å². The van der Waals surface area contributed by atoms with Crippen molar-refractivity contribution in [3.8, 4) is 0 Å². The Labute approximate surface area is 120 Å². The molecule has 0 bridgehead atoms. The maximum atomic E-state index is 12.4. The molecule has 0 spiro atoms. The van der Waals surface area contributed by atoms with Gasteiger partial charge in [0, 0.05) is 12.6 Å². The van der Waals surface area contributed by atoms with Crippen LogP contribution in [0.5, 0.6) is 0 Å². The first-order valence-corrected chi connectivity index (χ1v) is 7.80. The van der Waals surface area contributed by atoms with Crippen molar-refractivity contribution in [3.63, 3.8) is 0 Å². The number of likely N-dealkylation sites (tertiary alicyclic amines) is 1. The molecule has 114 valence electrons. The second kappa shape index (κ2) is 6.46. The van der Waals surface area contributed by atoms with Crippen LogP contribution in [0.2, 0.25) is 0 Å². The van der Waals surface area contributed by atoms with Crippen LogP contribution in [0, 0.1) is 11.8 Å². The van der Waals surface area contributed by atoms with Gasteiger partial charge in [-0.1, -0.05) is 26.7 Å². The van der Waals surface area contributed by atoms with Gasteiger partial charge < -0.3 is 15.3 Å². The highest BCUT2D eigenvalue weighted by Crippen LogP contribution is 2.35. The smallest absolute Gasteiger partial charge is 0.326 e. The maximum Gasteiger partial charge on any atom is 0.326 e. The summed E-state index contributed by atoms with van der Waals surface area (Å²) in [7, 11) is 0. The zero-order valence-corrected chi connectivity index (χ0v) is 12.5. The normalized spacial score (nSPS) is 27.9. The van der Waals surface area contributed by atoms with Gasteiger partial charge in [0.1, 0.15) is 6.04 Å². The van der Waals surface area contributed by atoms with Crippen molar-refractivity contribution in [1.29, 1.82) is 0 Å². The van der Waals surface area contributed by atoms with E-state index in [1.165, 1.54) is 25.7 Å². The molecular formula is C15H26N2O3. The van der Waals surface area contributed by atoms with Gasteiger partial charge in [-0.05, 0) is 37.5 Å². The highest BCUT2D eigenvalue weighted by molar-refractivity contribution is 5.83. The number of nitrogens with one attached hydrogen (secondary N) is 1. The SMILES string of the molecule is CC(C)C(NC(=O)N1CCC[C@H]2CCCC[C@H]21)C(=O)O. The molecule has 2 N–H and O–H groups in total. The summed E-state index contributed by atoms with van der Waals surface area (Å²) in [4.78, 5) is 25.5. The molecule has 1 aliphatic heterocycles. The van der Waals surface area contributed by atoms with E-state index in [-0.39, 0.29) is 11.9 Å². The van der Waals surface area contributed by atoms with E-state index < -0.39 is 12.0 Å². The first-order valence-electron chi connectivity index (χ1n) is 7.80. The van der Waals surface area contributed by atoms with Gasteiger partial charge in [0.15, 0.2) is 0 Å². The van der Waals surface area contributed by atoms with Crippen LogP contribution in [0.1, 0.15) is 52.4 Å². The molecule has 3 atom stereocenters. The quantitative estimate of drug-likeness (QED) is 0.835. The standard InChI is InChI=1S/C15H26N2O3/c1-10(2)13(14(18)19)16-15(20)17-9-5-7-11-6-3-4-8-12(11)17/h10-13H,3-9H2,1-2H3,(H,16,20)(H,18,19)/t11-,12-,13?/m1/s1. The highest BCUT2D eigenvalue weighted by atomic mass is 16.4. The van der Waals surface area contributed by atoms with Crippen LogP contribution in [0.3, 0.4) is 0 Å². The second-order valence-corrected chi connectivity index (χ2v) is 6.46. The van der Waals surface area contributed by atoms with Crippen molar-refractivity contribution in [2.75, 3.05) is 6.54 Å². The minimum absolute atomic E-state index is 0.108. The minimum Gasteiger partial charge on any atom is -0.480 e. The number of nitrogens with zero attached hydrogens (tertiary/aromatic N) is 1. The number of carbonyl (C=O) groups is 2. The van der Waals surface area contributed by atoms with Crippen LogP contribution in [0.25, 0.3) is 0 Å². The van der Waals surface area contributed by atoms with Gasteiger partial charge in [0.2, 0.25) is 0 Å². The molecule has 0 aromatic rings. The van der Waals surface area contributed by atoms with Crippen molar-refractivity contribution >= 4 is 12.0 Å². The van der Waals surface area contributed by atoms with E-state index in [4.69, 9.17) is 0 Å². The molecule has 0 aromatic heterocycles. The zero-order valence-electron chi connectivity index (χ0n) is 12.5. The van der Waals surface area contributed by atoms with Gasteiger partial charge in [-0.15, -0.1) is 0 Å².